The lowest BCUT2D eigenvalue weighted by Gasteiger charge is -2.16. The average molecular weight is 633 g/mol. The van der Waals surface area contributed by atoms with E-state index in [2.05, 4.69) is 194 Å². The van der Waals surface area contributed by atoms with Crippen molar-refractivity contribution in [1.82, 2.24) is 0 Å². The highest BCUT2D eigenvalue weighted by atomic mass is 14.2. The Hall–Kier alpha value is -6.50. The quantitative estimate of drug-likeness (QED) is 0.181. The molecule has 0 bridgehead atoms. The minimum absolute atomic E-state index is 1.21. The molecule has 0 saturated heterocycles. The topological polar surface area (TPSA) is 0 Å². The minimum Gasteiger partial charge on any atom is -0.0616 e. The first kappa shape index (κ1) is 28.5. The van der Waals surface area contributed by atoms with E-state index < -0.39 is 0 Å². The summed E-state index contributed by atoms with van der Waals surface area (Å²) in [6.45, 7) is 0. The second kappa shape index (κ2) is 11.6. The van der Waals surface area contributed by atoms with Gasteiger partial charge in [0.1, 0.15) is 0 Å². The van der Waals surface area contributed by atoms with E-state index in [1.807, 2.05) is 0 Å². The van der Waals surface area contributed by atoms with Crippen LogP contribution in [-0.4, -0.2) is 0 Å². The average Bonchev–Trinajstić information content (AvgIpc) is 3.19. The maximum atomic E-state index is 2.41. The first-order valence-electron chi connectivity index (χ1n) is 17.3. The van der Waals surface area contributed by atoms with Crippen molar-refractivity contribution in [2.24, 2.45) is 0 Å². The van der Waals surface area contributed by atoms with Crippen LogP contribution in [-0.2, 0) is 0 Å². The van der Waals surface area contributed by atoms with E-state index in [1.54, 1.807) is 0 Å². The van der Waals surface area contributed by atoms with Crippen LogP contribution < -0.4 is 0 Å². The van der Waals surface area contributed by atoms with Crippen LogP contribution in [0.25, 0.3) is 98.4 Å². The van der Waals surface area contributed by atoms with E-state index in [1.165, 1.54) is 98.4 Å². The largest absolute Gasteiger partial charge is 0.0616 e. The number of rotatable bonds is 4. The molecule has 0 saturated carbocycles. The Balaban J connectivity index is 1.19. The van der Waals surface area contributed by atoms with Gasteiger partial charge in [0.15, 0.2) is 0 Å². The van der Waals surface area contributed by atoms with Gasteiger partial charge in [0.25, 0.3) is 0 Å². The summed E-state index contributed by atoms with van der Waals surface area (Å²) in [6, 6.07) is 71.5. The van der Waals surface area contributed by atoms with Crippen LogP contribution in [0, 0.1) is 0 Å². The zero-order valence-electron chi connectivity index (χ0n) is 27.5. The van der Waals surface area contributed by atoms with Gasteiger partial charge in [-0.15, -0.1) is 0 Å². The van der Waals surface area contributed by atoms with Crippen LogP contribution in [0.5, 0.6) is 0 Å². The molecular weight excluding hydrogens is 601 g/mol. The molecule has 50 heavy (non-hydrogen) atoms. The second-order valence-electron chi connectivity index (χ2n) is 13.3. The molecule has 0 spiro atoms. The lowest BCUT2D eigenvalue weighted by atomic mass is 9.88. The molecule has 232 valence electrons. The van der Waals surface area contributed by atoms with Crippen molar-refractivity contribution >= 4 is 53.9 Å². The monoisotopic (exact) mass is 632 g/mol. The van der Waals surface area contributed by atoms with Crippen LogP contribution in [0.3, 0.4) is 0 Å². The predicted molar refractivity (Wildman–Crippen MR) is 216 cm³/mol. The van der Waals surface area contributed by atoms with Crippen molar-refractivity contribution in [2.45, 2.75) is 0 Å². The minimum atomic E-state index is 1.21. The van der Waals surface area contributed by atoms with Crippen molar-refractivity contribution in [3.8, 4) is 44.5 Å². The summed E-state index contributed by atoms with van der Waals surface area (Å²) in [5.74, 6) is 0. The molecular formula is C50H32. The third-order valence-electron chi connectivity index (χ3n) is 10.4. The summed E-state index contributed by atoms with van der Waals surface area (Å²) in [7, 11) is 0. The summed E-state index contributed by atoms with van der Waals surface area (Å²) in [6.07, 6.45) is 0. The predicted octanol–water partition coefficient (Wildman–Crippen LogP) is 14.1. The van der Waals surface area contributed by atoms with Crippen molar-refractivity contribution in [3.63, 3.8) is 0 Å². The molecule has 0 aliphatic heterocycles. The summed E-state index contributed by atoms with van der Waals surface area (Å²) >= 11 is 0. The van der Waals surface area contributed by atoms with Crippen LogP contribution in [0.15, 0.2) is 194 Å². The van der Waals surface area contributed by atoms with Gasteiger partial charge in [-0.1, -0.05) is 170 Å². The van der Waals surface area contributed by atoms with Gasteiger partial charge in [-0.25, -0.2) is 0 Å². The smallest absolute Gasteiger partial charge is 0.00930 e. The molecule has 10 aromatic carbocycles. The Labute approximate surface area is 291 Å². The molecule has 0 aliphatic carbocycles. The SMILES string of the molecule is c1ccc2cc(-c3ccc(-c4ccc5ccccc5c4)c4cc(-c5ccc6cccc(-c7cccc8ccccc78)c6c5)ccc34)ccc2c1. The summed E-state index contributed by atoms with van der Waals surface area (Å²) in [5, 5.41) is 12.6. The Morgan fingerprint density at radius 2 is 0.620 bits per heavy atom. The van der Waals surface area contributed by atoms with E-state index in [-0.39, 0.29) is 0 Å². The van der Waals surface area contributed by atoms with Crippen LogP contribution >= 0.6 is 0 Å². The Morgan fingerprint density at radius 1 is 0.180 bits per heavy atom. The van der Waals surface area contributed by atoms with Crippen molar-refractivity contribution in [3.05, 3.63) is 194 Å². The number of fused-ring (bicyclic) bond motifs is 5. The lowest BCUT2D eigenvalue weighted by Crippen LogP contribution is -1.89. The van der Waals surface area contributed by atoms with Gasteiger partial charge < -0.3 is 0 Å². The molecule has 10 rings (SSSR count). The molecule has 0 aromatic heterocycles. The fraction of sp³-hybridized carbons (Fsp3) is 0. The van der Waals surface area contributed by atoms with Gasteiger partial charge in [-0.3, -0.25) is 0 Å². The van der Waals surface area contributed by atoms with Crippen LogP contribution in [0.2, 0.25) is 0 Å². The fourth-order valence-corrected chi connectivity index (χ4v) is 7.89. The van der Waals surface area contributed by atoms with E-state index in [0.29, 0.717) is 0 Å². The van der Waals surface area contributed by atoms with E-state index in [4.69, 9.17) is 0 Å². The van der Waals surface area contributed by atoms with Crippen molar-refractivity contribution in [2.75, 3.05) is 0 Å². The lowest BCUT2D eigenvalue weighted by molar-refractivity contribution is 1.63. The van der Waals surface area contributed by atoms with Gasteiger partial charge >= 0.3 is 0 Å². The summed E-state index contributed by atoms with van der Waals surface area (Å²) in [5.41, 5.74) is 9.91. The van der Waals surface area contributed by atoms with E-state index >= 15 is 0 Å². The highest BCUT2D eigenvalue weighted by Gasteiger charge is 2.14. The molecule has 0 nitrogen and oxygen atoms in total. The molecule has 0 atom stereocenters. The van der Waals surface area contributed by atoms with Gasteiger partial charge in [0, 0.05) is 0 Å². The number of hydrogen-bond acceptors (Lipinski definition) is 0. The van der Waals surface area contributed by atoms with Crippen LogP contribution in [0.4, 0.5) is 0 Å². The zero-order chi connectivity index (χ0) is 33.0. The van der Waals surface area contributed by atoms with Crippen LogP contribution in [0.1, 0.15) is 0 Å². The van der Waals surface area contributed by atoms with Gasteiger partial charge in [0.05, 0.1) is 0 Å². The Morgan fingerprint density at radius 3 is 1.28 bits per heavy atom. The normalized spacial score (nSPS) is 11.6. The molecule has 0 radical (unpaired) electrons. The highest BCUT2D eigenvalue weighted by molar-refractivity contribution is 6.10. The zero-order valence-corrected chi connectivity index (χ0v) is 27.5. The summed E-state index contributed by atoms with van der Waals surface area (Å²) < 4.78 is 0. The molecule has 0 aliphatic rings. The molecule has 10 aromatic rings. The molecule has 0 amide bonds. The van der Waals surface area contributed by atoms with E-state index in [9.17, 15) is 0 Å². The highest BCUT2D eigenvalue weighted by Crippen LogP contribution is 2.41. The Bertz CT molecular complexity index is 2920. The van der Waals surface area contributed by atoms with Gasteiger partial charge in [-0.2, -0.15) is 0 Å². The molecule has 0 heteroatoms. The summed E-state index contributed by atoms with van der Waals surface area (Å²) in [4.78, 5) is 0. The maximum Gasteiger partial charge on any atom is -0.00930 e. The molecule has 0 heterocycles. The first-order valence-corrected chi connectivity index (χ1v) is 17.3. The second-order valence-corrected chi connectivity index (χ2v) is 13.3. The van der Waals surface area contributed by atoms with Gasteiger partial charge in [0.2, 0.25) is 0 Å². The number of hydrogen-bond donors (Lipinski definition) is 0. The van der Waals surface area contributed by atoms with Crippen molar-refractivity contribution < 1.29 is 0 Å². The molecule has 0 unspecified atom stereocenters. The molecule has 0 N–H and O–H groups in total. The number of benzene rings is 10. The third kappa shape index (κ3) is 4.77. The first-order chi connectivity index (χ1) is 24.8. The maximum absolute atomic E-state index is 2.41. The third-order valence-corrected chi connectivity index (χ3v) is 10.4. The standard InChI is InChI=1S/C50H32/c1-3-12-37-29-41(23-19-33(37)9-1)44-27-28-45(42-24-20-34-10-2-4-13-38(34)30-42)50-32-40(25-26-48(44)50)39-22-21-36-15-8-18-47(49(36)31-39)46-17-7-14-35-11-5-6-16-43(35)46/h1-32H. The van der Waals surface area contributed by atoms with Gasteiger partial charge in [-0.05, 0) is 123 Å². The van der Waals surface area contributed by atoms with Crippen molar-refractivity contribution in [1.29, 1.82) is 0 Å². The molecule has 0 fully saturated rings. The fourth-order valence-electron chi connectivity index (χ4n) is 7.89. The van der Waals surface area contributed by atoms with E-state index in [0.717, 1.165) is 0 Å². The Kier molecular flexibility index (Phi) is 6.60.